The molecule has 0 atom stereocenters. The zero-order valence-corrected chi connectivity index (χ0v) is 19.3. The van der Waals surface area contributed by atoms with E-state index >= 15 is 0 Å². The minimum absolute atomic E-state index is 0.150. The number of methoxy groups -OCH3 is 1. The maximum atomic E-state index is 12.9. The third-order valence-corrected chi connectivity index (χ3v) is 8.06. The van der Waals surface area contributed by atoms with Gasteiger partial charge in [0.05, 0.1) is 19.3 Å². The summed E-state index contributed by atoms with van der Waals surface area (Å²) >= 11 is 3.39. The van der Waals surface area contributed by atoms with Crippen molar-refractivity contribution in [3.63, 3.8) is 0 Å². The molecule has 2 saturated heterocycles. The van der Waals surface area contributed by atoms with Gasteiger partial charge in [0.25, 0.3) is 10.2 Å². The molecule has 1 N–H and O–H groups in total. The number of rotatable bonds is 6. The van der Waals surface area contributed by atoms with Crippen LogP contribution in [0.5, 0.6) is 5.75 Å². The maximum Gasteiger partial charge on any atom is 0.282 e. The van der Waals surface area contributed by atoms with Gasteiger partial charge in [-0.1, -0.05) is 22.9 Å². The number of nitrogens with zero attached hydrogens (tertiary/aromatic N) is 3. The van der Waals surface area contributed by atoms with Crippen molar-refractivity contribution in [3.05, 3.63) is 22.7 Å². The fourth-order valence-corrected chi connectivity index (χ4v) is 5.65. The van der Waals surface area contributed by atoms with Gasteiger partial charge in [-0.05, 0) is 37.0 Å². The molecule has 1 aromatic carbocycles. The van der Waals surface area contributed by atoms with Crippen LogP contribution in [0.1, 0.15) is 19.8 Å². The molecule has 2 heterocycles. The molecule has 1 amide bonds. The SMILES string of the molecule is COc1ccc(Br)cc1NC(=O)CN1CCN(S(=O)(=O)N2CCC(C)CC2)CC1. The molecule has 10 heteroatoms. The van der Waals surface area contributed by atoms with E-state index in [-0.39, 0.29) is 12.5 Å². The molecule has 0 aliphatic carbocycles. The molecule has 0 spiro atoms. The van der Waals surface area contributed by atoms with E-state index in [1.807, 2.05) is 11.0 Å². The molecule has 0 radical (unpaired) electrons. The topological polar surface area (TPSA) is 82.2 Å². The highest BCUT2D eigenvalue weighted by Gasteiger charge is 2.34. The van der Waals surface area contributed by atoms with Gasteiger partial charge < -0.3 is 10.1 Å². The first kappa shape index (κ1) is 22.5. The summed E-state index contributed by atoms with van der Waals surface area (Å²) in [5.41, 5.74) is 0.604. The highest BCUT2D eigenvalue weighted by Crippen LogP contribution is 2.28. The molecule has 2 fully saturated rings. The molecular weight excluding hydrogens is 460 g/mol. The molecule has 3 rings (SSSR count). The summed E-state index contributed by atoms with van der Waals surface area (Å²) in [7, 11) is -1.85. The van der Waals surface area contributed by atoms with Crippen LogP contribution in [0, 0.1) is 5.92 Å². The van der Waals surface area contributed by atoms with Gasteiger partial charge in [0.15, 0.2) is 0 Å². The number of carbonyl (C=O) groups excluding carboxylic acids is 1. The van der Waals surface area contributed by atoms with Crippen molar-refractivity contribution in [2.75, 3.05) is 58.2 Å². The monoisotopic (exact) mass is 488 g/mol. The van der Waals surface area contributed by atoms with E-state index in [1.54, 1.807) is 27.9 Å². The zero-order valence-electron chi connectivity index (χ0n) is 16.9. The van der Waals surface area contributed by atoms with Crippen LogP contribution >= 0.6 is 15.9 Å². The van der Waals surface area contributed by atoms with Crippen LogP contribution in [-0.2, 0) is 15.0 Å². The van der Waals surface area contributed by atoms with Crippen LogP contribution in [0.3, 0.4) is 0 Å². The van der Waals surface area contributed by atoms with E-state index in [0.29, 0.717) is 56.6 Å². The van der Waals surface area contributed by atoms with E-state index in [0.717, 1.165) is 17.3 Å². The third-order valence-electron chi connectivity index (χ3n) is 5.53. The predicted octanol–water partition coefficient (Wildman–Crippen LogP) is 1.99. The van der Waals surface area contributed by atoms with Gasteiger partial charge in [-0.25, -0.2) is 0 Å². The Labute approximate surface area is 181 Å². The lowest BCUT2D eigenvalue weighted by molar-refractivity contribution is -0.117. The van der Waals surface area contributed by atoms with Crippen molar-refractivity contribution in [3.8, 4) is 5.75 Å². The van der Waals surface area contributed by atoms with Crippen LogP contribution in [0.15, 0.2) is 22.7 Å². The fraction of sp³-hybridized carbons (Fsp3) is 0.632. The van der Waals surface area contributed by atoms with E-state index in [9.17, 15) is 13.2 Å². The Morgan fingerprint density at radius 1 is 1.14 bits per heavy atom. The van der Waals surface area contributed by atoms with Gasteiger partial charge in [-0.15, -0.1) is 0 Å². The van der Waals surface area contributed by atoms with Gasteiger partial charge in [0.2, 0.25) is 5.91 Å². The summed E-state index contributed by atoms with van der Waals surface area (Å²) in [6, 6.07) is 5.42. The second-order valence-corrected chi connectivity index (χ2v) is 10.5. The lowest BCUT2D eigenvalue weighted by atomic mass is 10.0. The smallest absolute Gasteiger partial charge is 0.282 e. The van der Waals surface area contributed by atoms with E-state index in [1.165, 1.54) is 0 Å². The van der Waals surface area contributed by atoms with Crippen molar-refractivity contribution in [1.29, 1.82) is 0 Å². The third kappa shape index (κ3) is 5.69. The van der Waals surface area contributed by atoms with Crippen molar-refractivity contribution < 1.29 is 17.9 Å². The Morgan fingerprint density at radius 2 is 1.76 bits per heavy atom. The van der Waals surface area contributed by atoms with E-state index < -0.39 is 10.2 Å². The van der Waals surface area contributed by atoms with Gasteiger partial charge >= 0.3 is 0 Å². The molecule has 2 aliphatic rings. The maximum absolute atomic E-state index is 12.9. The van der Waals surface area contributed by atoms with Gasteiger partial charge in [0.1, 0.15) is 5.75 Å². The first-order chi connectivity index (χ1) is 13.8. The molecule has 0 unspecified atom stereocenters. The normalized spacial score (nSPS) is 20.5. The minimum atomic E-state index is -3.41. The Balaban J connectivity index is 1.51. The number of ether oxygens (including phenoxy) is 1. The number of anilines is 1. The number of halogens is 1. The summed E-state index contributed by atoms with van der Waals surface area (Å²) in [5, 5.41) is 2.87. The average molecular weight is 489 g/mol. The fourth-order valence-electron chi connectivity index (χ4n) is 3.67. The summed E-state index contributed by atoms with van der Waals surface area (Å²) in [5.74, 6) is 1.02. The van der Waals surface area contributed by atoms with Crippen LogP contribution < -0.4 is 10.1 Å². The number of piperazine rings is 1. The van der Waals surface area contributed by atoms with Gasteiger partial charge in [0, 0.05) is 43.7 Å². The van der Waals surface area contributed by atoms with Crippen molar-refractivity contribution >= 4 is 37.7 Å². The first-order valence-electron chi connectivity index (χ1n) is 9.90. The highest BCUT2D eigenvalue weighted by atomic mass is 79.9. The predicted molar refractivity (Wildman–Crippen MR) is 116 cm³/mol. The Hall–Kier alpha value is -1.20. The lowest BCUT2D eigenvalue weighted by Gasteiger charge is -2.38. The second-order valence-electron chi connectivity index (χ2n) is 7.66. The lowest BCUT2D eigenvalue weighted by Crippen LogP contribution is -2.55. The van der Waals surface area contributed by atoms with Crippen LogP contribution in [0.25, 0.3) is 0 Å². The molecule has 29 heavy (non-hydrogen) atoms. The summed E-state index contributed by atoms with van der Waals surface area (Å²) in [6.45, 7) is 5.45. The highest BCUT2D eigenvalue weighted by molar-refractivity contribution is 9.10. The molecule has 1 aromatic rings. The van der Waals surface area contributed by atoms with Gasteiger partial charge in [-0.2, -0.15) is 17.0 Å². The van der Waals surface area contributed by atoms with Crippen LogP contribution in [-0.4, -0.2) is 80.8 Å². The van der Waals surface area contributed by atoms with Crippen molar-refractivity contribution in [2.24, 2.45) is 5.92 Å². The Bertz CT molecular complexity index is 819. The Kier molecular flexibility index (Phi) is 7.55. The van der Waals surface area contributed by atoms with Crippen LogP contribution in [0.2, 0.25) is 0 Å². The number of piperidine rings is 1. The van der Waals surface area contributed by atoms with Gasteiger partial charge in [-0.3, -0.25) is 9.69 Å². The van der Waals surface area contributed by atoms with Crippen molar-refractivity contribution in [2.45, 2.75) is 19.8 Å². The number of benzene rings is 1. The Morgan fingerprint density at radius 3 is 2.38 bits per heavy atom. The second kappa shape index (κ2) is 9.74. The standard InChI is InChI=1S/C19H29BrN4O4S/c1-15-5-7-23(8-6-15)29(26,27)24-11-9-22(10-12-24)14-19(25)21-17-13-16(20)3-4-18(17)28-2/h3-4,13,15H,5-12,14H2,1-2H3,(H,21,25). The number of hydrogen-bond acceptors (Lipinski definition) is 5. The number of nitrogens with one attached hydrogen (secondary N) is 1. The first-order valence-corrected chi connectivity index (χ1v) is 12.1. The molecule has 8 nitrogen and oxygen atoms in total. The number of amides is 1. The van der Waals surface area contributed by atoms with E-state index in [4.69, 9.17) is 4.74 Å². The molecule has 0 saturated carbocycles. The molecular formula is C19H29BrN4O4S. The van der Waals surface area contributed by atoms with E-state index in [2.05, 4.69) is 28.2 Å². The number of hydrogen-bond donors (Lipinski definition) is 1. The van der Waals surface area contributed by atoms with Crippen molar-refractivity contribution in [1.82, 2.24) is 13.5 Å². The quantitative estimate of drug-likeness (QED) is 0.661. The molecule has 2 aliphatic heterocycles. The largest absolute Gasteiger partial charge is 0.495 e. The summed E-state index contributed by atoms with van der Waals surface area (Å²) in [6.07, 6.45) is 1.83. The molecule has 0 bridgehead atoms. The molecule has 0 aromatic heterocycles. The molecule has 162 valence electrons. The van der Waals surface area contributed by atoms with Crippen LogP contribution in [0.4, 0.5) is 5.69 Å². The zero-order chi connectivity index (χ0) is 21.0. The number of carbonyl (C=O) groups is 1. The minimum Gasteiger partial charge on any atom is -0.495 e. The summed E-state index contributed by atoms with van der Waals surface area (Å²) < 4.78 is 35.0. The average Bonchev–Trinajstić information content (AvgIpc) is 2.69. The summed E-state index contributed by atoms with van der Waals surface area (Å²) in [4.78, 5) is 14.4.